The molecule has 33 heavy (non-hydrogen) atoms. The minimum atomic E-state index is -0.429. The van der Waals surface area contributed by atoms with Gasteiger partial charge in [-0.05, 0) is 24.1 Å². The Balaban J connectivity index is 1.89. The lowest BCUT2D eigenvalue weighted by atomic mass is 10.0. The van der Waals surface area contributed by atoms with Gasteiger partial charge in [-0.3, -0.25) is 9.36 Å². The van der Waals surface area contributed by atoms with Gasteiger partial charge < -0.3 is 15.2 Å². The molecule has 0 amide bonds. The molecule has 0 radical (unpaired) electrons. The van der Waals surface area contributed by atoms with E-state index < -0.39 is 5.56 Å². The van der Waals surface area contributed by atoms with Gasteiger partial charge in [-0.25, -0.2) is 15.0 Å². The summed E-state index contributed by atoms with van der Waals surface area (Å²) in [6.45, 7) is 1.98. The number of hydrogen-bond donors (Lipinski definition) is 1. The molecular formula is C23H21Cl2N5O3. The number of nitrogen functional groups attached to an aromatic ring is 1. The van der Waals surface area contributed by atoms with Crippen LogP contribution in [0.5, 0.6) is 11.5 Å². The van der Waals surface area contributed by atoms with Crippen molar-refractivity contribution in [3.8, 4) is 22.8 Å². The molecule has 170 valence electrons. The maximum absolute atomic E-state index is 13.3. The van der Waals surface area contributed by atoms with E-state index in [0.29, 0.717) is 40.6 Å². The lowest BCUT2D eigenvalue weighted by Gasteiger charge is -2.15. The number of benzene rings is 2. The average Bonchev–Trinajstić information content (AvgIpc) is 2.80. The Hall–Kier alpha value is -3.36. The van der Waals surface area contributed by atoms with Gasteiger partial charge in [0.25, 0.3) is 5.56 Å². The van der Waals surface area contributed by atoms with Crippen LogP contribution >= 0.6 is 23.2 Å². The maximum Gasteiger partial charge on any atom is 0.278 e. The Bertz CT molecular complexity index is 1400. The van der Waals surface area contributed by atoms with Crippen LogP contribution in [-0.2, 0) is 13.5 Å². The van der Waals surface area contributed by atoms with Gasteiger partial charge in [0.1, 0.15) is 28.5 Å². The summed E-state index contributed by atoms with van der Waals surface area (Å²) in [6, 6.07) is 7.26. The Kier molecular flexibility index (Phi) is 6.14. The number of hydrogen-bond acceptors (Lipinski definition) is 7. The Labute approximate surface area is 199 Å². The molecule has 0 fully saturated rings. The minimum Gasteiger partial charge on any atom is -0.495 e. The Morgan fingerprint density at radius 2 is 1.76 bits per heavy atom. The molecule has 0 aliphatic heterocycles. The van der Waals surface area contributed by atoms with Crippen LogP contribution in [0.2, 0.25) is 10.0 Å². The van der Waals surface area contributed by atoms with Gasteiger partial charge in [-0.15, -0.1) is 0 Å². The molecular weight excluding hydrogens is 465 g/mol. The van der Waals surface area contributed by atoms with E-state index in [0.717, 1.165) is 11.1 Å². The topological polar surface area (TPSA) is 105 Å². The second-order valence-electron chi connectivity index (χ2n) is 7.42. The van der Waals surface area contributed by atoms with Crippen molar-refractivity contribution in [1.29, 1.82) is 0 Å². The van der Waals surface area contributed by atoms with Crippen molar-refractivity contribution in [3.63, 3.8) is 0 Å². The largest absolute Gasteiger partial charge is 0.495 e. The summed E-state index contributed by atoms with van der Waals surface area (Å²) < 4.78 is 12.0. The number of ether oxygens (including phenoxy) is 2. The first-order valence-corrected chi connectivity index (χ1v) is 10.7. The molecule has 2 heterocycles. The summed E-state index contributed by atoms with van der Waals surface area (Å²) >= 11 is 13.0. The first-order chi connectivity index (χ1) is 15.8. The fraction of sp³-hybridized carbons (Fsp3) is 0.217. The monoisotopic (exact) mass is 485 g/mol. The third-order valence-corrected chi connectivity index (χ3v) is 6.20. The van der Waals surface area contributed by atoms with E-state index in [1.807, 2.05) is 25.1 Å². The Morgan fingerprint density at radius 3 is 2.36 bits per heavy atom. The van der Waals surface area contributed by atoms with Crippen molar-refractivity contribution in [2.75, 3.05) is 20.0 Å². The zero-order valence-electron chi connectivity index (χ0n) is 18.4. The second-order valence-corrected chi connectivity index (χ2v) is 8.18. The number of aromatic nitrogens is 4. The number of nitrogens with two attached hydrogens (primary N) is 1. The lowest BCUT2D eigenvalue weighted by Crippen LogP contribution is -2.22. The predicted octanol–water partition coefficient (Wildman–Crippen LogP) is 4.20. The summed E-state index contributed by atoms with van der Waals surface area (Å²) in [5.41, 5.74) is 9.38. The van der Waals surface area contributed by atoms with Crippen LogP contribution in [-0.4, -0.2) is 33.7 Å². The van der Waals surface area contributed by atoms with E-state index in [1.54, 1.807) is 19.3 Å². The SMILES string of the molecule is COc1cc(OC)c(Cl)c(-c2nc3cnc(Cc4c(C)cccc4N)nc3n(C)c2=O)c1Cl. The highest BCUT2D eigenvalue weighted by Crippen LogP contribution is 2.44. The normalized spacial score (nSPS) is 11.1. The van der Waals surface area contributed by atoms with E-state index >= 15 is 0 Å². The first kappa shape index (κ1) is 22.8. The van der Waals surface area contributed by atoms with Gasteiger partial charge in [-0.2, -0.15) is 0 Å². The van der Waals surface area contributed by atoms with Crippen LogP contribution in [0.25, 0.3) is 22.4 Å². The third-order valence-electron chi connectivity index (χ3n) is 5.45. The van der Waals surface area contributed by atoms with Crippen LogP contribution in [0.4, 0.5) is 5.69 Å². The molecule has 2 aromatic heterocycles. The fourth-order valence-electron chi connectivity index (χ4n) is 3.62. The second kappa shape index (κ2) is 8.88. The average molecular weight is 486 g/mol. The van der Waals surface area contributed by atoms with Crippen molar-refractivity contribution in [1.82, 2.24) is 19.5 Å². The zero-order valence-corrected chi connectivity index (χ0v) is 20.0. The van der Waals surface area contributed by atoms with E-state index in [9.17, 15) is 4.79 Å². The maximum atomic E-state index is 13.3. The molecule has 0 aliphatic rings. The van der Waals surface area contributed by atoms with Gasteiger partial charge in [0.05, 0.1) is 36.0 Å². The highest BCUT2D eigenvalue weighted by molar-refractivity contribution is 6.41. The van der Waals surface area contributed by atoms with E-state index in [4.69, 9.17) is 38.4 Å². The van der Waals surface area contributed by atoms with Crippen LogP contribution in [0.15, 0.2) is 35.3 Å². The standard InChI is InChI=1S/C23H21Cl2N5O3/c1-11-6-5-7-13(26)12(11)8-17-27-10-14-22(29-17)30(2)23(31)21(28-14)18-19(24)15(32-3)9-16(33-4)20(18)25/h5-7,9-10H,8,26H2,1-4H3. The molecule has 0 aliphatic carbocycles. The van der Waals surface area contributed by atoms with Crippen LogP contribution in [0.1, 0.15) is 17.0 Å². The zero-order chi connectivity index (χ0) is 23.9. The first-order valence-electron chi connectivity index (χ1n) is 9.93. The van der Waals surface area contributed by atoms with Gasteiger partial charge in [0.15, 0.2) is 5.65 Å². The van der Waals surface area contributed by atoms with Gasteiger partial charge in [-0.1, -0.05) is 35.3 Å². The molecule has 0 saturated carbocycles. The molecule has 0 unspecified atom stereocenters. The molecule has 8 nitrogen and oxygen atoms in total. The fourth-order valence-corrected chi connectivity index (χ4v) is 4.30. The summed E-state index contributed by atoms with van der Waals surface area (Å²) in [7, 11) is 4.52. The van der Waals surface area contributed by atoms with Crippen molar-refractivity contribution in [2.45, 2.75) is 13.3 Å². The molecule has 0 bridgehead atoms. The van der Waals surface area contributed by atoms with Crippen LogP contribution in [0, 0.1) is 6.92 Å². The quantitative estimate of drug-likeness (QED) is 0.422. The number of aryl methyl sites for hydroxylation is 2. The summed E-state index contributed by atoms with van der Waals surface area (Å²) in [5.74, 6) is 1.13. The highest BCUT2D eigenvalue weighted by atomic mass is 35.5. The number of fused-ring (bicyclic) bond motifs is 1. The molecule has 2 N–H and O–H groups in total. The lowest BCUT2D eigenvalue weighted by molar-refractivity contribution is 0.395. The number of anilines is 1. The van der Waals surface area contributed by atoms with E-state index in [1.165, 1.54) is 18.8 Å². The smallest absolute Gasteiger partial charge is 0.278 e. The predicted molar refractivity (Wildman–Crippen MR) is 130 cm³/mol. The van der Waals surface area contributed by atoms with Gasteiger partial charge in [0, 0.05) is 25.2 Å². The number of nitrogens with zero attached hydrogens (tertiary/aromatic N) is 4. The summed E-state index contributed by atoms with van der Waals surface area (Å²) in [6.07, 6.45) is 1.99. The van der Waals surface area contributed by atoms with Crippen LogP contribution in [0.3, 0.4) is 0 Å². The third kappa shape index (κ3) is 3.96. The molecule has 2 aromatic carbocycles. The summed E-state index contributed by atoms with van der Waals surface area (Å²) in [5, 5.41) is 0.305. The minimum absolute atomic E-state index is 0.0386. The van der Waals surface area contributed by atoms with Crippen molar-refractivity contribution in [2.24, 2.45) is 7.05 Å². The van der Waals surface area contributed by atoms with E-state index in [-0.39, 0.29) is 21.3 Å². The molecule has 0 spiro atoms. The number of rotatable bonds is 5. The van der Waals surface area contributed by atoms with Gasteiger partial charge >= 0.3 is 0 Å². The number of halogens is 2. The van der Waals surface area contributed by atoms with Gasteiger partial charge in [0.2, 0.25) is 0 Å². The molecule has 10 heteroatoms. The Morgan fingerprint density at radius 1 is 1.09 bits per heavy atom. The molecule has 4 aromatic rings. The molecule has 0 atom stereocenters. The van der Waals surface area contributed by atoms with E-state index in [2.05, 4.69) is 15.0 Å². The number of methoxy groups -OCH3 is 2. The highest BCUT2D eigenvalue weighted by Gasteiger charge is 2.24. The summed E-state index contributed by atoms with van der Waals surface area (Å²) in [4.78, 5) is 26.8. The molecule has 0 saturated heterocycles. The molecule has 4 rings (SSSR count). The van der Waals surface area contributed by atoms with Crippen molar-refractivity contribution in [3.05, 3.63) is 67.8 Å². The van der Waals surface area contributed by atoms with Crippen LogP contribution < -0.4 is 20.8 Å². The van der Waals surface area contributed by atoms with Crippen molar-refractivity contribution < 1.29 is 9.47 Å². The van der Waals surface area contributed by atoms with Crippen molar-refractivity contribution >= 4 is 40.1 Å².